The summed E-state index contributed by atoms with van der Waals surface area (Å²) in [5.74, 6) is 4.59. The number of piperidine rings is 1. The van der Waals surface area contributed by atoms with E-state index in [4.69, 9.17) is 70.1 Å². The van der Waals surface area contributed by atoms with Crippen LogP contribution in [0.15, 0.2) is 279 Å². The van der Waals surface area contributed by atoms with Gasteiger partial charge in [-0.2, -0.15) is 0 Å². The predicted molar refractivity (Wildman–Crippen MR) is 436 cm³/mol. The Morgan fingerprint density at radius 2 is 0.817 bits per heavy atom. The number of phenolic OH excluding ortho intramolecular Hbond substituents is 2. The number of likely N-dealkylation sites (tertiary alicyclic amines) is 1. The van der Waals surface area contributed by atoms with Gasteiger partial charge in [0.2, 0.25) is 0 Å². The number of hydrogen-bond donors (Lipinski definition) is 4. The van der Waals surface area contributed by atoms with Gasteiger partial charge < -0.3 is 48.4 Å². The van der Waals surface area contributed by atoms with Crippen molar-refractivity contribution in [2.75, 3.05) is 31.6 Å². The van der Waals surface area contributed by atoms with E-state index in [1.807, 2.05) is 176 Å². The van der Waals surface area contributed by atoms with Gasteiger partial charge in [0, 0.05) is 46.0 Å². The number of aromatic hydroxyl groups is 2. The third-order valence-electron chi connectivity index (χ3n) is 17.1. The van der Waals surface area contributed by atoms with Crippen molar-refractivity contribution in [2.24, 2.45) is 0 Å². The Morgan fingerprint density at radius 3 is 1.35 bits per heavy atom. The van der Waals surface area contributed by atoms with Crippen LogP contribution in [0.5, 0.6) is 40.2 Å². The van der Waals surface area contributed by atoms with Gasteiger partial charge in [0.25, 0.3) is 0 Å². The zero-order valence-electron chi connectivity index (χ0n) is 55.1. The molecule has 0 amide bonds. The number of fused-ring (bicyclic) bond motifs is 3. The number of rotatable bonds is 21. The number of phenols is 2. The zero-order chi connectivity index (χ0) is 68.8. The third-order valence-corrected chi connectivity index (χ3v) is 17.9. The minimum atomic E-state index is 0. The Morgan fingerprint density at radius 1 is 0.375 bits per heavy atom. The van der Waals surface area contributed by atoms with E-state index < -0.39 is 0 Å². The van der Waals surface area contributed by atoms with E-state index in [1.54, 1.807) is 24.3 Å². The molecule has 0 aliphatic carbocycles. The zero-order valence-corrected chi connectivity index (χ0v) is 58.1. The van der Waals surface area contributed by atoms with E-state index >= 15 is 0 Å². The highest BCUT2D eigenvalue weighted by Gasteiger charge is 2.20. The highest BCUT2D eigenvalue weighted by atomic mass is 35.5. The molecule has 1 fully saturated rings. The molecule has 1 saturated heterocycles. The molecule has 0 radical (unpaired) electrons. The fraction of sp³-hybridized carbons (Fsp3) is 0.191. The molecule has 1 aliphatic rings. The molecule has 14 aromatic rings. The van der Waals surface area contributed by atoms with Crippen LogP contribution in [0.3, 0.4) is 0 Å². The topological polar surface area (TPSA) is 126 Å². The molecule has 11 nitrogen and oxygen atoms in total. The second-order valence-electron chi connectivity index (χ2n) is 24.1. The molecule has 104 heavy (non-hydrogen) atoms. The lowest BCUT2D eigenvalue weighted by Gasteiger charge is -2.26. The summed E-state index contributed by atoms with van der Waals surface area (Å²) in [5, 5.41) is 24.1. The third kappa shape index (κ3) is 21.7. The summed E-state index contributed by atoms with van der Waals surface area (Å²) in [6.07, 6.45) is 3.92. The molecule has 0 atom stereocenters. The van der Waals surface area contributed by atoms with E-state index in [0.717, 1.165) is 130 Å². The van der Waals surface area contributed by atoms with Crippen LogP contribution in [0.4, 0.5) is 0 Å². The Kier molecular flexibility index (Phi) is 30.6. The quantitative estimate of drug-likeness (QED) is 0.0524. The molecule has 11 aromatic carbocycles. The minimum Gasteiger partial charge on any atom is -0.508 e. The monoisotopic (exact) mass is 1470 g/mol. The van der Waals surface area contributed by atoms with Crippen LogP contribution >= 0.6 is 46.4 Å². The lowest BCUT2D eigenvalue weighted by Crippen LogP contribution is -2.33. The summed E-state index contributed by atoms with van der Waals surface area (Å²) in [6, 6.07) is 91.5. The Balaban J connectivity index is 0.000000190. The summed E-state index contributed by atoms with van der Waals surface area (Å²) in [5.41, 5.74) is 14.5. The predicted octanol–water partition coefficient (Wildman–Crippen LogP) is 24.9. The molecule has 0 spiro atoms. The van der Waals surface area contributed by atoms with Crippen molar-refractivity contribution in [1.82, 2.24) is 19.4 Å². The number of aromatic amines is 2. The Hall–Kier alpha value is -10.2. The molecule has 15 heteroatoms. The molecule has 4 heterocycles. The van der Waals surface area contributed by atoms with Gasteiger partial charge in [-0.15, -0.1) is 23.2 Å². The van der Waals surface area contributed by atoms with Crippen LogP contribution in [0.2, 0.25) is 10.0 Å². The van der Waals surface area contributed by atoms with Gasteiger partial charge >= 0.3 is 0 Å². The van der Waals surface area contributed by atoms with E-state index in [0.29, 0.717) is 49.6 Å². The van der Waals surface area contributed by atoms with Crippen molar-refractivity contribution in [2.45, 2.75) is 81.9 Å². The van der Waals surface area contributed by atoms with Gasteiger partial charge in [-0.05, 0) is 216 Å². The normalized spacial score (nSPS) is 11.5. The lowest BCUT2D eigenvalue weighted by atomic mass is 10.1. The van der Waals surface area contributed by atoms with Gasteiger partial charge in [-0.25, -0.2) is 0 Å². The van der Waals surface area contributed by atoms with Gasteiger partial charge in [0.1, 0.15) is 73.3 Å². The van der Waals surface area contributed by atoms with E-state index in [9.17, 15) is 10.2 Å². The maximum atomic E-state index is 10.0. The van der Waals surface area contributed by atoms with Crippen LogP contribution in [-0.2, 0) is 33.0 Å². The Bertz CT molecular complexity index is 4840. The maximum absolute atomic E-state index is 10.0. The van der Waals surface area contributed by atoms with Crippen molar-refractivity contribution < 1.29 is 33.9 Å². The van der Waals surface area contributed by atoms with Gasteiger partial charge in [-0.1, -0.05) is 193 Å². The fourth-order valence-electron chi connectivity index (χ4n) is 11.9. The van der Waals surface area contributed by atoms with Gasteiger partial charge in [0.05, 0.1) is 32.3 Å². The van der Waals surface area contributed by atoms with Crippen LogP contribution in [0.1, 0.15) is 76.8 Å². The number of hydrogen-bond acceptors (Lipinski definition) is 8. The van der Waals surface area contributed by atoms with Crippen LogP contribution < -0.4 is 23.7 Å². The summed E-state index contributed by atoms with van der Waals surface area (Å²) >= 11 is 23.1. The van der Waals surface area contributed by atoms with E-state index in [1.165, 1.54) is 32.4 Å². The number of halogens is 4. The molecule has 3 aromatic heterocycles. The average Bonchev–Trinajstić information content (AvgIpc) is 1.62. The largest absolute Gasteiger partial charge is 0.508 e. The number of nitrogens with zero attached hydrogens (tertiary/aromatic N) is 2. The first-order valence-electron chi connectivity index (χ1n) is 33.3. The number of ether oxygens (including phenoxy) is 5. The molecule has 538 valence electrons. The van der Waals surface area contributed by atoms with E-state index in [-0.39, 0.29) is 46.5 Å². The molecule has 1 aliphatic heterocycles. The summed E-state index contributed by atoms with van der Waals surface area (Å²) < 4.78 is 31.8. The first-order valence-corrected chi connectivity index (χ1v) is 35.1. The van der Waals surface area contributed by atoms with Crippen molar-refractivity contribution in [3.8, 4) is 74.0 Å². The van der Waals surface area contributed by atoms with Crippen molar-refractivity contribution in [3.63, 3.8) is 0 Å². The summed E-state index contributed by atoms with van der Waals surface area (Å²) in [4.78, 5) is 9.40. The number of nitrogens with one attached hydrogen (secondary N) is 2. The minimum absolute atomic E-state index is 0. The number of aromatic nitrogens is 3. The molecule has 0 unspecified atom stereocenters. The molecule has 15 rings (SSSR count). The number of benzene rings is 11. The standard InChI is InChI=1S/C28H29ClN2O3.C28H22ClNO2.C28H23NO2.CH2Cl2.4CH4/c29-27-25-18-23(33)10-13-26(25)31(28(27)21-6-8-22(32)9-7-21)19-20-4-11-24(12-5-20)34-17-16-30-14-2-1-3-15-30;29-27-25-17-24(32-19-21-9-5-2-6-10-21)15-16-26(25)30-28(27)22-11-13-23(14-12-22)31-18-20-7-3-1-4-8-20;1-3-7-21(8-4-1)19-30-25-13-11-23(12-14-25)28-18-24-17-26(15-16-27(24)29-28)31-20-22-9-5-2-6-10-22;2-1-3;;;;/h4-13,18,32-33H,1-3,14-17,19H2;1-17,30H,18-19H2;1-18,29H,19-20H2;1H2;4*1H4. The molecule has 0 bridgehead atoms. The van der Waals surface area contributed by atoms with Crippen molar-refractivity contribution in [1.29, 1.82) is 0 Å². The second-order valence-corrected chi connectivity index (χ2v) is 25.7. The maximum Gasteiger partial charge on any atom is 0.120 e. The highest BCUT2D eigenvalue weighted by molar-refractivity contribution is 6.40. The smallest absolute Gasteiger partial charge is 0.120 e. The molecular formula is C89H92Cl4N4O7. The first kappa shape index (κ1) is 79.5. The van der Waals surface area contributed by atoms with E-state index in [2.05, 4.69) is 98.3 Å². The second kappa shape index (κ2) is 40.0. The number of H-pyrrole nitrogens is 2. The summed E-state index contributed by atoms with van der Waals surface area (Å²) in [6.45, 7) is 6.83. The van der Waals surface area contributed by atoms with Crippen LogP contribution in [0, 0.1) is 0 Å². The molecular weight excluding hydrogens is 1380 g/mol. The lowest BCUT2D eigenvalue weighted by molar-refractivity contribution is 0.183. The Labute approximate surface area is 632 Å². The van der Waals surface area contributed by atoms with Crippen molar-refractivity contribution >= 4 is 79.1 Å². The number of alkyl halides is 2. The van der Waals surface area contributed by atoms with Gasteiger partial charge in [0.15, 0.2) is 0 Å². The molecule has 0 saturated carbocycles. The highest BCUT2D eigenvalue weighted by Crippen LogP contribution is 2.41. The first-order chi connectivity index (χ1) is 49.1. The fourth-order valence-corrected chi connectivity index (χ4v) is 12.6. The van der Waals surface area contributed by atoms with Crippen molar-refractivity contribution in [3.05, 3.63) is 317 Å². The van der Waals surface area contributed by atoms with Crippen LogP contribution in [0.25, 0.3) is 66.5 Å². The SMILES string of the molecule is C.C.C.C.ClCCl.Clc1c(-c2ccc(OCc3ccccc3)cc2)[nH]c2ccc(OCc3ccccc3)cc12.Oc1ccc(-c2c(Cl)c3cc(O)ccc3n2Cc2ccc(OCCN3CCCCC3)cc2)cc1.c1ccc(COc2ccc(-c3cc4cc(OCc5ccccc5)ccc4[nH]3)cc2)cc1. The average molecular weight is 1470 g/mol. The van der Waals surface area contributed by atoms with Crippen LogP contribution in [-0.4, -0.2) is 61.2 Å². The van der Waals surface area contributed by atoms with Gasteiger partial charge in [-0.3, -0.25) is 4.90 Å². The molecule has 4 N–H and O–H groups in total. The summed E-state index contributed by atoms with van der Waals surface area (Å²) in [7, 11) is 0.